The van der Waals surface area contributed by atoms with Gasteiger partial charge in [-0.25, -0.2) is 5.10 Å². The first-order valence-electron chi connectivity index (χ1n) is 7.62. The molecule has 0 aliphatic carbocycles. The van der Waals surface area contributed by atoms with Crippen LogP contribution in [-0.2, 0) is 9.47 Å². The highest BCUT2D eigenvalue weighted by molar-refractivity contribution is 6.32. The third kappa shape index (κ3) is 3.60. The Labute approximate surface area is 133 Å². The normalized spacial score (nSPS) is 24.3. The Balaban J connectivity index is 1.69. The van der Waals surface area contributed by atoms with Gasteiger partial charge >= 0.3 is 0 Å². The lowest BCUT2D eigenvalue weighted by atomic mass is 9.97. The Morgan fingerprint density at radius 1 is 1.41 bits per heavy atom. The molecule has 0 unspecified atom stereocenters. The SMILES string of the molecule is O=c1[nH]ncc(NC[C@H]([C@@H]2CCOC2)N2CCOCC2)c1Cl. The van der Waals surface area contributed by atoms with E-state index in [1.54, 1.807) is 6.20 Å². The van der Waals surface area contributed by atoms with Crippen LogP contribution in [-0.4, -0.2) is 67.2 Å². The molecule has 3 rings (SSSR count). The summed E-state index contributed by atoms with van der Waals surface area (Å²) in [5.74, 6) is 0.485. The maximum Gasteiger partial charge on any atom is 0.285 e. The topological polar surface area (TPSA) is 79.5 Å². The molecule has 3 heterocycles. The first kappa shape index (κ1) is 15.7. The van der Waals surface area contributed by atoms with Crippen LogP contribution in [0.2, 0.25) is 5.02 Å². The van der Waals surface area contributed by atoms with E-state index in [1.165, 1.54) is 0 Å². The van der Waals surface area contributed by atoms with Crippen LogP contribution < -0.4 is 10.9 Å². The molecule has 0 amide bonds. The maximum absolute atomic E-state index is 11.5. The number of hydrogen-bond donors (Lipinski definition) is 2. The minimum absolute atomic E-state index is 0.151. The van der Waals surface area contributed by atoms with E-state index in [4.69, 9.17) is 21.1 Å². The smallest absolute Gasteiger partial charge is 0.285 e. The largest absolute Gasteiger partial charge is 0.381 e. The zero-order chi connectivity index (χ0) is 15.4. The van der Waals surface area contributed by atoms with Crippen LogP contribution in [0.15, 0.2) is 11.0 Å². The summed E-state index contributed by atoms with van der Waals surface area (Å²) in [6, 6.07) is 0.335. The number of aromatic amines is 1. The van der Waals surface area contributed by atoms with Crippen molar-refractivity contribution in [3.8, 4) is 0 Å². The Morgan fingerprint density at radius 3 is 2.95 bits per heavy atom. The molecule has 8 heteroatoms. The van der Waals surface area contributed by atoms with Crippen LogP contribution in [0, 0.1) is 5.92 Å². The van der Waals surface area contributed by atoms with Gasteiger partial charge < -0.3 is 14.8 Å². The summed E-state index contributed by atoms with van der Waals surface area (Å²) in [4.78, 5) is 13.9. The quantitative estimate of drug-likeness (QED) is 0.823. The molecule has 2 aliphatic rings. The van der Waals surface area contributed by atoms with Gasteiger partial charge in [-0.1, -0.05) is 11.6 Å². The van der Waals surface area contributed by atoms with Gasteiger partial charge in [0.05, 0.1) is 31.7 Å². The van der Waals surface area contributed by atoms with E-state index in [0.717, 1.165) is 45.9 Å². The van der Waals surface area contributed by atoms with E-state index in [1.807, 2.05) is 0 Å². The number of nitrogens with one attached hydrogen (secondary N) is 2. The number of hydrogen-bond acceptors (Lipinski definition) is 6. The second kappa shape index (κ2) is 7.41. The summed E-state index contributed by atoms with van der Waals surface area (Å²) in [6.45, 7) is 5.67. The van der Waals surface area contributed by atoms with Crippen molar-refractivity contribution in [3.05, 3.63) is 21.6 Å². The molecule has 2 N–H and O–H groups in total. The van der Waals surface area contributed by atoms with Gasteiger partial charge in [0, 0.05) is 38.2 Å². The second-order valence-corrected chi connectivity index (χ2v) is 6.03. The summed E-state index contributed by atoms with van der Waals surface area (Å²) in [5, 5.41) is 9.54. The third-order valence-electron chi connectivity index (χ3n) is 4.32. The number of nitrogens with zero attached hydrogens (tertiary/aromatic N) is 2. The summed E-state index contributed by atoms with van der Waals surface area (Å²) in [7, 11) is 0. The Morgan fingerprint density at radius 2 is 2.23 bits per heavy atom. The third-order valence-corrected chi connectivity index (χ3v) is 4.70. The molecule has 1 aromatic heterocycles. The van der Waals surface area contributed by atoms with Gasteiger partial charge in [0.2, 0.25) is 0 Å². The molecule has 2 atom stereocenters. The summed E-state index contributed by atoms with van der Waals surface area (Å²) in [6.07, 6.45) is 2.61. The highest BCUT2D eigenvalue weighted by Crippen LogP contribution is 2.23. The monoisotopic (exact) mass is 328 g/mol. The van der Waals surface area contributed by atoms with Gasteiger partial charge in [-0.15, -0.1) is 0 Å². The molecule has 0 saturated carbocycles. The number of aromatic nitrogens is 2. The molecule has 2 fully saturated rings. The minimum Gasteiger partial charge on any atom is -0.381 e. The van der Waals surface area contributed by atoms with Crippen LogP contribution in [0.5, 0.6) is 0 Å². The second-order valence-electron chi connectivity index (χ2n) is 5.65. The number of rotatable bonds is 5. The van der Waals surface area contributed by atoms with Gasteiger partial charge in [-0.05, 0) is 6.42 Å². The first-order valence-corrected chi connectivity index (χ1v) is 8.00. The summed E-state index contributed by atoms with van der Waals surface area (Å²) in [5.41, 5.74) is 0.196. The van der Waals surface area contributed by atoms with Gasteiger partial charge in [0.25, 0.3) is 5.56 Å². The molecule has 2 saturated heterocycles. The fourth-order valence-corrected chi connectivity index (χ4v) is 3.24. The average Bonchev–Trinajstić information content (AvgIpc) is 3.07. The van der Waals surface area contributed by atoms with Crippen molar-refractivity contribution < 1.29 is 9.47 Å². The predicted molar refractivity (Wildman–Crippen MR) is 83.5 cm³/mol. The number of morpholine rings is 1. The van der Waals surface area contributed by atoms with Crippen LogP contribution >= 0.6 is 11.6 Å². The van der Waals surface area contributed by atoms with Crippen LogP contribution in [0.25, 0.3) is 0 Å². The van der Waals surface area contributed by atoms with Crippen molar-refractivity contribution in [2.45, 2.75) is 12.5 Å². The van der Waals surface area contributed by atoms with Crippen molar-refractivity contribution >= 4 is 17.3 Å². The van der Waals surface area contributed by atoms with Crippen molar-refractivity contribution in [1.29, 1.82) is 0 Å². The minimum atomic E-state index is -0.376. The number of halogens is 1. The van der Waals surface area contributed by atoms with E-state index in [9.17, 15) is 4.79 Å². The van der Waals surface area contributed by atoms with Gasteiger partial charge in [0.15, 0.2) is 0 Å². The molecule has 1 aromatic rings. The van der Waals surface area contributed by atoms with E-state index in [2.05, 4.69) is 20.4 Å². The predicted octanol–water partition coefficient (Wildman–Crippen LogP) is 0.573. The molecule has 7 nitrogen and oxygen atoms in total. The number of ether oxygens (including phenoxy) is 2. The Bertz CT molecular complexity index is 541. The maximum atomic E-state index is 11.5. The first-order chi connectivity index (χ1) is 10.8. The molecule has 0 spiro atoms. The molecular weight excluding hydrogens is 308 g/mol. The van der Waals surface area contributed by atoms with Crippen LogP contribution in [0.4, 0.5) is 5.69 Å². The van der Waals surface area contributed by atoms with Crippen molar-refractivity contribution in [1.82, 2.24) is 15.1 Å². The lowest BCUT2D eigenvalue weighted by Gasteiger charge is -2.37. The summed E-state index contributed by atoms with van der Waals surface area (Å²) < 4.78 is 11.0. The van der Waals surface area contributed by atoms with E-state index >= 15 is 0 Å². The standard InChI is InChI=1S/C14H21ClN4O3/c15-13-11(7-17-18-14(13)20)16-8-12(10-1-4-22-9-10)19-2-5-21-6-3-19/h7,10,12H,1-6,8-9H2,(H2,16,18,20)/t10-,12-/m1/s1. The molecule has 122 valence electrons. The highest BCUT2D eigenvalue weighted by atomic mass is 35.5. The molecule has 2 aliphatic heterocycles. The lowest BCUT2D eigenvalue weighted by Crippen LogP contribution is -2.50. The number of anilines is 1. The molecule has 0 bridgehead atoms. The fraction of sp³-hybridized carbons (Fsp3) is 0.714. The van der Waals surface area contributed by atoms with Crippen molar-refractivity contribution in [3.63, 3.8) is 0 Å². The highest BCUT2D eigenvalue weighted by Gasteiger charge is 2.31. The average molecular weight is 329 g/mol. The Hall–Kier alpha value is -1.15. The Kier molecular flexibility index (Phi) is 5.30. The molecule has 0 aromatic carbocycles. The molecular formula is C14H21ClN4O3. The van der Waals surface area contributed by atoms with Gasteiger partial charge in [-0.3, -0.25) is 9.69 Å². The van der Waals surface area contributed by atoms with Crippen molar-refractivity contribution in [2.24, 2.45) is 5.92 Å². The van der Waals surface area contributed by atoms with Gasteiger partial charge in [-0.2, -0.15) is 5.10 Å². The van der Waals surface area contributed by atoms with E-state index in [-0.39, 0.29) is 10.6 Å². The van der Waals surface area contributed by atoms with E-state index in [0.29, 0.717) is 24.2 Å². The summed E-state index contributed by atoms with van der Waals surface area (Å²) >= 11 is 6.02. The fourth-order valence-electron chi connectivity index (χ4n) is 3.08. The van der Waals surface area contributed by atoms with Crippen LogP contribution in [0.3, 0.4) is 0 Å². The van der Waals surface area contributed by atoms with Gasteiger partial charge in [0.1, 0.15) is 5.02 Å². The number of H-pyrrole nitrogens is 1. The lowest BCUT2D eigenvalue weighted by molar-refractivity contribution is 0.00461. The van der Waals surface area contributed by atoms with E-state index < -0.39 is 0 Å². The zero-order valence-corrected chi connectivity index (χ0v) is 13.1. The molecule has 22 heavy (non-hydrogen) atoms. The van der Waals surface area contributed by atoms with Crippen LogP contribution in [0.1, 0.15) is 6.42 Å². The zero-order valence-electron chi connectivity index (χ0n) is 12.4. The van der Waals surface area contributed by atoms with Crippen molar-refractivity contribution in [2.75, 3.05) is 51.4 Å². The molecule has 0 radical (unpaired) electrons.